The van der Waals surface area contributed by atoms with E-state index in [1.54, 1.807) is 7.05 Å². The standard InChI is InChI=1S/C12H23NO3S/c1-12(13-2,11(14)15-3)6-8-17-9-10-5-4-7-16-10/h10,13H,4-9H2,1-3H3. The monoisotopic (exact) mass is 261 g/mol. The molecule has 0 bridgehead atoms. The number of ether oxygens (including phenoxy) is 2. The van der Waals surface area contributed by atoms with Crippen LogP contribution in [-0.2, 0) is 14.3 Å². The largest absolute Gasteiger partial charge is 0.468 e. The Morgan fingerprint density at radius 2 is 2.41 bits per heavy atom. The first-order chi connectivity index (χ1) is 8.12. The van der Waals surface area contributed by atoms with Crippen LogP contribution in [0.4, 0.5) is 0 Å². The van der Waals surface area contributed by atoms with Gasteiger partial charge in [0.25, 0.3) is 0 Å². The summed E-state index contributed by atoms with van der Waals surface area (Å²) in [5.41, 5.74) is -0.571. The number of carbonyl (C=O) groups is 1. The lowest BCUT2D eigenvalue weighted by Gasteiger charge is -2.25. The third-order valence-corrected chi connectivity index (χ3v) is 4.36. The first kappa shape index (κ1) is 14.8. The van der Waals surface area contributed by atoms with Crippen molar-refractivity contribution in [3.8, 4) is 0 Å². The lowest BCUT2D eigenvalue weighted by atomic mass is 10.00. The SMILES string of the molecule is CNC(C)(CCSCC1CCCO1)C(=O)OC. The molecular weight excluding hydrogens is 238 g/mol. The molecule has 2 unspecified atom stereocenters. The molecule has 100 valence electrons. The van der Waals surface area contributed by atoms with E-state index >= 15 is 0 Å². The van der Waals surface area contributed by atoms with Gasteiger partial charge in [-0.3, -0.25) is 4.79 Å². The van der Waals surface area contributed by atoms with Gasteiger partial charge in [0.15, 0.2) is 0 Å². The highest BCUT2D eigenvalue weighted by Crippen LogP contribution is 2.20. The molecule has 1 rings (SSSR count). The maximum Gasteiger partial charge on any atom is 0.325 e. The van der Waals surface area contributed by atoms with Gasteiger partial charge in [-0.1, -0.05) is 0 Å². The van der Waals surface area contributed by atoms with Crippen LogP contribution in [0, 0.1) is 0 Å². The van der Waals surface area contributed by atoms with E-state index in [9.17, 15) is 4.79 Å². The van der Waals surface area contributed by atoms with E-state index in [-0.39, 0.29) is 5.97 Å². The fourth-order valence-corrected chi connectivity index (χ4v) is 3.07. The summed E-state index contributed by atoms with van der Waals surface area (Å²) in [6.45, 7) is 2.78. The molecule has 1 N–H and O–H groups in total. The molecular formula is C12H23NO3S. The van der Waals surface area contributed by atoms with E-state index in [1.807, 2.05) is 18.7 Å². The summed E-state index contributed by atoms with van der Waals surface area (Å²) in [5, 5.41) is 3.04. The minimum Gasteiger partial charge on any atom is -0.468 e. The highest BCUT2D eigenvalue weighted by Gasteiger charge is 2.31. The van der Waals surface area contributed by atoms with E-state index in [2.05, 4.69) is 5.32 Å². The number of nitrogens with one attached hydrogen (secondary N) is 1. The molecule has 1 heterocycles. The molecule has 2 atom stereocenters. The molecule has 5 heteroatoms. The van der Waals surface area contributed by atoms with E-state index in [4.69, 9.17) is 9.47 Å². The topological polar surface area (TPSA) is 47.6 Å². The van der Waals surface area contributed by atoms with Crippen LogP contribution in [0.1, 0.15) is 26.2 Å². The van der Waals surface area contributed by atoms with Crippen molar-refractivity contribution < 1.29 is 14.3 Å². The van der Waals surface area contributed by atoms with Gasteiger partial charge >= 0.3 is 5.97 Å². The van der Waals surface area contributed by atoms with Crippen molar-refractivity contribution in [2.24, 2.45) is 0 Å². The molecule has 0 aromatic heterocycles. The first-order valence-electron chi connectivity index (χ1n) is 6.09. The summed E-state index contributed by atoms with van der Waals surface area (Å²) in [5.74, 6) is 1.77. The Balaban J connectivity index is 2.20. The normalized spacial score (nSPS) is 23.4. The number of rotatable bonds is 7. The zero-order valence-corrected chi connectivity index (χ0v) is 11.8. The molecule has 4 nitrogen and oxygen atoms in total. The predicted octanol–water partition coefficient (Wildman–Crippen LogP) is 1.44. The Labute approximate surface area is 108 Å². The number of hydrogen-bond donors (Lipinski definition) is 1. The summed E-state index contributed by atoms with van der Waals surface area (Å²) < 4.78 is 10.4. The number of hydrogen-bond acceptors (Lipinski definition) is 5. The van der Waals surface area contributed by atoms with E-state index < -0.39 is 5.54 Å². The minimum absolute atomic E-state index is 0.197. The molecule has 0 radical (unpaired) electrons. The van der Waals surface area contributed by atoms with Gasteiger partial charge in [-0.15, -0.1) is 0 Å². The molecule has 0 saturated carbocycles. The van der Waals surface area contributed by atoms with Crippen LogP contribution in [0.2, 0.25) is 0 Å². The van der Waals surface area contributed by atoms with Gasteiger partial charge in [0, 0.05) is 12.4 Å². The van der Waals surface area contributed by atoms with Crippen molar-refractivity contribution >= 4 is 17.7 Å². The summed E-state index contributed by atoms with van der Waals surface area (Å²) in [7, 11) is 3.22. The second-order valence-corrected chi connectivity index (χ2v) is 5.68. The smallest absolute Gasteiger partial charge is 0.325 e. The maximum atomic E-state index is 11.6. The van der Waals surface area contributed by atoms with Crippen LogP contribution in [-0.4, -0.2) is 49.9 Å². The molecule has 1 saturated heterocycles. The number of esters is 1. The average molecular weight is 261 g/mol. The van der Waals surface area contributed by atoms with E-state index in [1.165, 1.54) is 20.0 Å². The molecule has 0 aromatic rings. The van der Waals surface area contributed by atoms with Crippen LogP contribution in [0.15, 0.2) is 0 Å². The second-order valence-electron chi connectivity index (χ2n) is 4.53. The summed E-state index contributed by atoms with van der Waals surface area (Å²) in [6, 6.07) is 0. The van der Waals surface area contributed by atoms with Gasteiger partial charge in [-0.25, -0.2) is 0 Å². The third-order valence-electron chi connectivity index (χ3n) is 3.26. The van der Waals surface area contributed by atoms with Crippen LogP contribution in [0.3, 0.4) is 0 Å². The molecule has 17 heavy (non-hydrogen) atoms. The summed E-state index contributed by atoms with van der Waals surface area (Å²) in [6.07, 6.45) is 3.54. The van der Waals surface area contributed by atoms with Gasteiger partial charge in [0.1, 0.15) is 5.54 Å². The zero-order valence-electron chi connectivity index (χ0n) is 11.0. The Hall–Kier alpha value is -0.260. The number of thioether (sulfide) groups is 1. The predicted molar refractivity (Wildman–Crippen MR) is 70.4 cm³/mol. The van der Waals surface area contributed by atoms with Gasteiger partial charge in [-0.05, 0) is 39.0 Å². The van der Waals surface area contributed by atoms with Crippen LogP contribution in [0.5, 0.6) is 0 Å². The minimum atomic E-state index is -0.571. The number of carbonyl (C=O) groups excluding carboxylic acids is 1. The molecule has 0 spiro atoms. The molecule has 0 amide bonds. The van der Waals surface area contributed by atoms with Crippen molar-refractivity contribution in [2.75, 3.05) is 32.3 Å². The summed E-state index contributed by atoms with van der Waals surface area (Å²) >= 11 is 1.85. The van der Waals surface area contributed by atoms with Gasteiger partial charge in [0.05, 0.1) is 13.2 Å². The van der Waals surface area contributed by atoms with Gasteiger partial charge in [0.2, 0.25) is 0 Å². The van der Waals surface area contributed by atoms with Crippen molar-refractivity contribution in [1.82, 2.24) is 5.32 Å². The third kappa shape index (κ3) is 4.48. The van der Waals surface area contributed by atoms with Gasteiger partial charge in [-0.2, -0.15) is 11.8 Å². The lowest BCUT2D eigenvalue weighted by Crippen LogP contribution is -2.48. The molecule has 1 aliphatic heterocycles. The highest BCUT2D eigenvalue weighted by molar-refractivity contribution is 7.99. The maximum absolute atomic E-state index is 11.6. The fourth-order valence-electron chi connectivity index (χ4n) is 1.82. The van der Waals surface area contributed by atoms with Crippen molar-refractivity contribution in [3.05, 3.63) is 0 Å². The van der Waals surface area contributed by atoms with Crippen molar-refractivity contribution in [2.45, 2.75) is 37.8 Å². The summed E-state index contributed by atoms with van der Waals surface area (Å²) in [4.78, 5) is 11.6. The van der Waals surface area contributed by atoms with E-state index in [0.717, 1.165) is 24.5 Å². The first-order valence-corrected chi connectivity index (χ1v) is 7.24. The molecule has 0 aromatic carbocycles. The Bertz CT molecular complexity index is 244. The molecule has 1 aliphatic rings. The molecule has 0 aliphatic carbocycles. The Morgan fingerprint density at radius 1 is 1.65 bits per heavy atom. The highest BCUT2D eigenvalue weighted by atomic mass is 32.2. The van der Waals surface area contributed by atoms with Crippen LogP contribution < -0.4 is 5.32 Å². The number of likely N-dealkylation sites (N-methyl/N-ethyl adjacent to an activating group) is 1. The van der Waals surface area contributed by atoms with Crippen molar-refractivity contribution in [1.29, 1.82) is 0 Å². The fraction of sp³-hybridized carbons (Fsp3) is 0.917. The van der Waals surface area contributed by atoms with Crippen LogP contribution in [0.25, 0.3) is 0 Å². The van der Waals surface area contributed by atoms with E-state index in [0.29, 0.717) is 6.10 Å². The Morgan fingerprint density at radius 3 is 2.94 bits per heavy atom. The van der Waals surface area contributed by atoms with Crippen molar-refractivity contribution in [3.63, 3.8) is 0 Å². The number of methoxy groups -OCH3 is 1. The Kier molecular flexibility index (Phi) is 6.30. The van der Waals surface area contributed by atoms with Crippen LogP contribution >= 0.6 is 11.8 Å². The molecule has 1 fully saturated rings. The lowest BCUT2D eigenvalue weighted by molar-refractivity contribution is -0.147. The quantitative estimate of drug-likeness (QED) is 0.555. The zero-order chi connectivity index (χ0) is 12.7. The average Bonchev–Trinajstić information content (AvgIpc) is 2.86. The van der Waals surface area contributed by atoms with Gasteiger partial charge < -0.3 is 14.8 Å². The second kappa shape index (κ2) is 7.24.